The number of hydrogen-bond acceptors (Lipinski definition) is 3. The first-order chi connectivity index (χ1) is 9.47. The lowest BCUT2D eigenvalue weighted by Gasteiger charge is -2.45. The van der Waals surface area contributed by atoms with Crippen molar-refractivity contribution >= 4 is 16.2 Å². The molecule has 0 aromatic carbocycles. The predicted octanol–water partition coefficient (Wildman–Crippen LogP) is 1.34. The summed E-state index contributed by atoms with van der Waals surface area (Å²) < 4.78 is 28.7. The molecule has 1 aliphatic heterocycles. The van der Waals surface area contributed by atoms with Crippen LogP contribution in [0.1, 0.15) is 51.9 Å². The van der Waals surface area contributed by atoms with Crippen LogP contribution in [0.15, 0.2) is 0 Å². The standard InChI is InChI=1S/C13H24N2O4S/c1-2-9-14-20(18,19)15-11-6-4-3-5-10(11)7-8-12(15)13(16)17/h10-12,14H,2-9H2,1H3,(H,16,17). The molecule has 7 heteroatoms. The Labute approximate surface area is 120 Å². The SMILES string of the molecule is CCCNS(=O)(=O)N1C(C(=O)O)CCC2CCCCC21. The molecule has 116 valence electrons. The van der Waals surface area contributed by atoms with Gasteiger partial charge in [-0.2, -0.15) is 12.7 Å². The topological polar surface area (TPSA) is 86.7 Å². The third-order valence-electron chi connectivity index (χ3n) is 4.41. The highest BCUT2D eigenvalue weighted by Gasteiger charge is 2.47. The fourth-order valence-corrected chi connectivity index (χ4v) is 5.25. The maximum atomic E-state index is 12.5. The fourth-order valence-electron chi connectivity index (χ4n) is 3.47. The second-order valence-electron chi connectivity index (χ2n) is 5.77. The van der Waals surface area contributed by atoms with E-state index in [1.807, 2.05) is 6.92 Å². The van der Waals surface area contributed by atoms with Gasteiger partial charge >= 0.3 is 5.97 Å². The molecule has 1 saturated carbocycles. The number of carboxylic acid groups (broad SMARTS) is 1. The van der Waals surface area contributed by atoms with Crippen LogP contribution in [0.4, 0.5) is 0 Å². The molecule has 2 rings (SSSR count). The lowest BCUT2D eigenvalue weighted by atomic mass is 9.78. The highest BCUT2D eigenvalue weighted by atomic mass is 32.2. The van der Waals surface area contributed by atoms with Crippen LogP contribution >= 0.6 is 0 Å². The van der Waals surface area contributed by atoms with Gasteiger partial charge in [-0.15, -0.1) is 0 Å². The quantitative estimate of drug-likeness (QED) is 0.802. The van der Waals surface area contributed by atoms with Crippen molar-refractivity contribution in [3.63, 3.8) is 0 Å². The van der Waals surface area contributed by atoms with E-state index in [1.54, 1.807) is 0 Å². The Morgan fingerprint density at radius 2 is 1.95 bits per heavy atom. The largest absolute Gasteiger partial charge is 0.480 e. The van der Waals surface area contributed by atoms with E-state index < -0.39 is 22.2 Å². The summed E-state index contributed by atoms with van der Waals surface area (Å²) in [6, 6.07) is -1.06. The van der Waals surface area contributed by atoms with Gasteiger partial charge in [0.2, 0.25) is 0 Å². The molecule has 0 amide bonds. The predicted molar refractivity (Wildman–Crippen MR) is 75.5 cm³/mol. The van der Waals surface area contributed by atoms with Crippen LogP contribution in [-0.2, 0) is 15.0 Å². The zero-order valence-corrected chi connectivity index (χ0v) is 12.7. The summed E-state index contributed by atoms with van der Waals surface area (Å²) in [6.07, 6.45) is 5.82. The number of rotatable bonds is 5. The van der Waals surface area contributed by atoms with Crippen molar-refractivity contribution in [2.24, 2.45) is 5.92 Å². The first-order valence-corrected chi connectivity index (χ1v) is 8.92. The number of aliphatic carboxylic acids is 1. The van der Waals surface area contributed by atoms with Crippen LogP contribution in [-0.4, -0.2) is 42.4 Å². The Morgan fingerprint density at radius 1 is 1.25 bits per heavy atom. The van der Waals surface area contributed by atoms with Crippen LogP contribution in [0.5, 0.6) is 0 Å². The lowest BCUT2D eigenvalue weighted by Crippen LogP contribution is -2.60. The number of nitrogens with one attached hydrogen (secondary N) is 1. The Bertz CT molecular complexity index is 451. The number of nitrogens with zero attached hydrogens (tertiary/aromatic N) is 1. The molecule has 0 bridgehead atoms. The summed E-state index contributed by atoms with van der Waals surface area (Å²) in [5, 5.41) is 9.35. The molecule has 0 spiro atoms. The van der Waals surface area contributed by atoms with Crippen molar-refractivity contribution in [3.8, 4) is 0 Å². The van der Waals surface area contributed by atoms with Gasteiger partial charge in [0.25, 0.3) is 10.2 Å². The lowest BCUT2D eigenvalue weighted by molar-refractivity contribution is -0.144. The van der Waals surface area contributed by atoms with Crippen molar-refractivity contribution in [3.05, 3.63) is 0 Å². The smallest absolute Gasteiger partial charge is 0.322 e. The van der Waals surface area contributed by atoms with Gasteiger partial charge in [0, 0.05) is 12.6 Å². The third-order valence-corrected chi connectivity index (χ3v) is 6.06. The molecule has 0 aromatic rings. The van der Waals surface area contributed by atoms with Crippen LogP contribution in [0.3, 0.4) is 0 Å². The van der Waals surface area contributed by atoms with E-state index in [4.69, 9.17) is 0 Å². The molecular formula is C13H24N2O4S. The summed E-state index contributed by atoms with van der Waals surface area (Å²) in [6.45, 7) is 2.24. The zero-order valence-electron chi connectivity index (χ0n) is 11.9. The van der Waals surface area contributed by atoms with Gasteiger partial charge < -0.3 is 5.11 Å². The molecule has 3 unspecified atom stereocenters. The molecule has 2 aliphatic rings. The summed E-state index contributed by atoms with van der Waals surface area (Å²) in [7, 11) is -3.71. The average molecular weight is 304 g/mol. The van der Waals surface area contributed by atoms with Gasteiger partial charge in [-0.05, 0) is 38.0 Å². The molecule has 1 aliphatic carbocycles. The molecule has 3 atom stereocenters. The van der Waals surface area contributed by atoms with Crippen LogP contribution in [0.2, 0.25) is 0 Å². The van der Waals surface area contributed by atoms with E-state index in [-0.39, 0.29) is 6.04 Å². The molecule has 6 nitrogen and oxygen atoms in total. The number of hydrogen-bond donors (Lipinski definition) is 2. The van der Waals surface area contributed by atoms with Crippen molar-refractivity contribution < 1.29 is 18.3 Å². The van der Waals surface area contributed by atoms with E-state index in [9.17, 15) is 18.3 Å². The molecule has 0 radical (unpaired) electrons. The number of fused-ring (bicyclic) bond motifs is 1. The first-order valence-electron chi connectivity index (χ1n) is 7.48. The Hall–Kier alpha value is -0.660. The van der Waals surface area contributed by atoms with Crippen molar-refractivity contribution in [1.29, 1.82) is 0 Å². The normalized spacial score (nSPS) is 31.8. The Balaban J connectivity index is 2.27. The van der Waals surface area contributed by atoms with Crippen molar-refractivity contribution in [2.45, 2.75) is 64.0 Å². The van der Waals surface area contributed by atoms with Crippen molar-refractivity contribution in [1.82, 2.24) is 9.03 Å². The third kappa shape index (κ3) is 3.15. The van der Waals surface area contributed by atoms with Gasteiger partial charge in [-0.3, -0.25) is 4.79 Å². The van der Waals surface area contributed by atoms with Gasteiger partial charge in [0.15, 0.2) is 0 Å². The summed E-state index contributed by atoms with van der Waals surface area (Å²) in [5.74, 6) is -0.714. The molecule has 20 heavy (non-hydrogen) atoms. The summed E-state index contributed by atoms with van der Waals surface area (Å²) in [4.78, 5) is 11.4. The zero-order chi connectivity index (χ0) is 14.8. The highest BCUT2D eigenvalue weighted by Crippen LogP contribution is 2.39. The van der Waals surface area contributed by atoms with Gasteiger partial charge in [0.05, 0.1) is 0 Å². The molecular weight excluding hydrogens is 280 g/mol. The minimum atomic E-state index is -3.71. The number of piperidine rings is 1. The van der Waals surface area contributed by atoms with Crippen LogP contribution in [0, 0.1) is 5.92 Å². The molecule has 2 fully saturated rings. The second kappa shape index (κ2) is 6.41. The summed E-state index contributed by atoms with van der Waals surface area (Å²) in [5.41, 5.74) is 0. The van der Waals surface area contributed by atoms with Crippen molar-refractivity contribution in [2.75, 3.05) is 6.54 Å². The minimum absolute atomic E-state index is 0.145. The Kier molecular flexibility index (Phi) is 5.04. The molecule has 1 saturated heterocycles. The second-order valence-corrected chi connectivity index (χ2v) is 7.43. The monoisotopic (exact) mass is 304 g/mol. The van der Waals surface area contributed by atoms with Gasteiger partial charge in [-0.25, -0.2) is 4.72 Å². The van der Waals surface area contributed by atoms with E-state index >= 15 is 0 Å². The molecule has 2 N–H and O–H groups in total. The van der Waals surface area contributed by atoms with Gasteiger partial charge in [0.1, 0.15) is 6.04 Å². The Morgan fingerprint density at radius 3 is 2.60 bits per heavy atom. The number of carboxylic acids is 1. The van der Waals surface area contributed by atoms with Crippen LogP contribution in [0.25, 0.3) is 0 Å². The van der Waals surface area contributed by atoms with E-state index in [0.717, 1.165) is 32.1 Å². The number of carbonyl (C=O) groups is 1. The van der Waals surface area contributed by atoms with Gasteiger partial charge in [-0.1, -0.05) is 19.8 Å². The van der Waals surface area contributed by atoms with E-state index in [0.29, 0.717) is 25.3 Å². The minimum Gasteiger partial charge on any atom is -0.480 e. The average Bonchev–Trinajstić information content (AvgIpc) is 2.43. The molecule has 0 aromatic heterocycles. The highest BCUT2D eigenvalue weighted by molar-refractivity contribution is 7.87. The summed E-state index contributed by atoms with van der Waals surface area (Å²) >= 11 is 0. The van der Waals surface area contributed by atoms with E-state index in [2.05, 4.69) is 4.72 Å². The maximum absolute atomic E-state index is 12.5. The maximum Gasteiger partial charge on any atom is 0.322 e. The molecule has 1 heterocycles. The van der Waals surface area contributed by atoms with Crippen LogP contribution < -0.4 is 4.72 Å². The van der Waals surface area contributed by atoms with E-state index in [1.165, 1.54) is 4.31 Å². The fraction of sp³-hybridized carbons (Fsp3) is 0.923. The first kappa shape index (κ1) is 15.7.